The molecule has 2 N–H and O–H groups in total. The van der Waals surface area contributed by atoms with Crippen molar-refractivity contribution in [3.8, 4) is 22.8 Å². The molecule has 4 fully saturated rings. The number of amides is 4. The Kier molecular flexibility index (Phi) is 11.6. The highest BCUT2D eigenvalue weighted by Gasteiger charge is 2.62. The lowest BCUT2D eigenvalue weighted by molar-refractivity contribution is -0.148. The standard InChI is InChI=1S/C44H55N5O8S/c1-6-29-26-44(29,42(53)47-58(54,55)32-17-18-32)46-40(51)37-23-31(27-49(37)41(52)34(43(2,3)4)24-39(50)48-20-12-7-8-13-21-48)57-38-25-35(28-14-10-9-11-15-28)45-36-22-30(56-5)16-19-33(36)38/h6,9-11,14-16,19,22,25,29,31-32,34,37H,1,7-8,12-13,17-18,20-21,23-24,26-27H2,2-5H3,(H,46,51)(H,47,53)/t29-,31-,34-,37+,44-/m1/s1. The number of carbonyl (C=O) groups excluding carboxylic acids is 4. The normalized spacial score (nSPS) is 24.0. The second kappa shape index (κ2) is 16.3. The maximum absolute atomic E-state index is 14.9. The summed E-state index contributed by atoms with van der Waals surface area (Å²) in [6, 6.07) is 15.9. The smallest absolute Gasteiger partial charge is 0.259 e. The summed E-state index contributed by atoms with van der Waals surface area (Å²) in [5, 5.41) is 2.95. The van der Waals surface area contributed by atoms with Gasteiger partial charge in [0.05, 0.1) is 36.0 Å². The molecule has 5 atom stereocenters. The van der Waals surface area contributed by atoms with Crippen LogP contribution in [0, 0.1) is 17.3 Å². The zero-order chi connectivity index (χ0) is 41.4. The third-order valence-corrected chi connectivity index (χ3v) is 13.9. The van der Waals surface area contributed by atoms with Crippen molar-refractivity contribution in [3.05, 3.63) is 67.3 Å². The number of aromatic nitrogens is 1. The molecule has 0 radical (unpaired) electrons. The summed E-state index contributed by atoms with van der Waals surface area (Å²) in [6.07, 6.45) is 5.97. The molecule has 4 aliphatic rings. The van der Waals surface area contributed by atoms with E-state index in [4.69, 9.17) is 14.5 Å². The molecule has 2 aliphatic carbocycles. The third kappa shape index (κ3) is 8.72. The van der Waals surface area contributed by atoms with Crippen molar-refractivity contribution in [3.63, 3.8) is 0 Å². The van der Waals surface area contributed by atoms with Crippen molar-refractivity contribution in [1.82, 2.24) is 24.8 Å². The molecule has 1 aromatic heterocycles. The number of carbonyl (C=O) groups is 4. The Bertz CT molecular complexity index is 2180. The summed E-state index contributed by atoms with van der Waals surface area (Å²) < 4.78 is 40.1. The Morgan fingerprint density at radius 3 is 2.34 bits per heavy atom. The van der Waals surface area contributed by atoms with Crippen LogP contribution >= 0.6 is 0 Å². The van der Waals surface area contributed by atoms with Gasteiger partial charge in [-0.1, -0.05) is 70.0 Å². The summed E-state index contributed by atoms with van der Waals surface area (Å²) in [6.45, 7) is 10.9. The van der Waals surface area contributed by atoms with E-state index in [2.05, 4.69) is 16.6 Å². The molecule has 2 aliphatic heterocycles. The molecule has 310 valence electrons. The summed E-state index contributed by atoms with van der Waals surface area (Å²) >= 11 is 0. The highest BCUT2D eigenvalue weighted by Crippen LogP contribution is 2.46. The Morgan fingerprint density at radius 1 is 1.02 bits per heavy atom. The van der Waals surface area contributed by atoms with Crippen molar-refractivity contribution in [2.45, 2.75) is 101 Å². The van der Waals surface area contributed by atoms with Gasteiger partial charge in [0.25, 0.3) is 5.91 Å². The minimum absolute atomic E-state index is 0.0140. The SMILES string of the molecule is C=C[C@@H]1C[C@]1(NC(=O)[C@@H]1C[C@@H](Oc2cc(-c3ccccc3)nc3cc(OC)ccc23)CN1C(=O)[C@@H](CC(=O)N1CCCCCC1)C(C)(C)C)C(=O)NS(=O)(=O)C1CC1. The van der Waals surface area contributed by atoms with E-state index in [1.807, 2.05) is 80.3 Å². The van der Waals surface area contributed by atoms with Crippen LogP contribution < -0.4 is 19.5 Å². The van der Waals surface area contributed by atoms with E-state index in [1.54, 1.807) is 7.11 Å². The zero-order valence-electron chi connectivity index (χ0n) is 33.9. The Balaban J connectivity index is 1.21. The molecule has 3 aromatic rings. The largest absolute Gasteiger partial charge is 0.497 e. The van der Waals surface area contributed by atoms with Gasteiger partial charge in [-0.25, -0.2) is 13.4 Å². The lowest BCUT2D eigenvalue weighted by atomic mass is 9.77. The molecule has 3 heterocycles. The molecule has 14 heteroatoms. The van der Waals surface area contributed by atoms with Crippen molar-refractivity contribution in [1.29, 1.82) is 0 Å². The van der Waals surface area contributed by atoms with E-state index in [1.165, 1.54) is 11.0 Å². The first kappa shape index (κ1) is 41.2. The number of likely N-dealkylation sites (tertiary alicyclic amines) is 2. The van der Waals surface area contributed by atoms with Crippen LogP contribution in [0.4, 0.5) is 0 Å². The van der Waals surface area contributed by atoms with E-state index >= 15 is 0 Å². The Hall–Kier alpha value is -4.98. The predicted octanol–water partition coefficient (Wildman–Crippen LogP) is 5.38. The fourth-order valence-electron chi connectivity index (χ4n) is 8.32. The molecule has 13 nitrogen and oxygen atoms in total. The van der Waals surface area contributed by atoms with Crippen LogP contribution in [0.1, 0.15) is 78.6 Å². The quantitative estimate of drug-likeness (QED) is 0.216. The van der Waals surface area contributed by atoms with E-state index in [0.29, 0.717) is 54.0 Å². The van der Waals surface area contributed by atoms with Gasteiger partial charge in [-0.15, -0.1) is 6.58 Å². The average Bonchev–Trinajstić information content (AvgIpc) is 4.13. The number of hydrogen-bond donors (Lipinski definition) is 2. The predicted molar refractivity (Wildman–Crippen MR) is 220 cm³/mol. The first-order chi connectivity index (χ1) is 27.6. The number of fused-ring (bicyclic) bond motifs is 1. The third-order valence-electron chi connectivity index (χ3n) is 12.1. The van der Waals surface area contributed by atoms with Gasteiger partial charge in [0.2, 0.25) is 27.7 Å². The Labute approximate surface area is 341 Å². The molecule has 2 aromatic carbocycles. The minimum atomic E-state index is -3.90. The lowest BCUT2D eigenvalue weighted by Crippen LogP contribution is -2.57. The molecular formula is C44H55N5O8S. The van der Waals surface area contributed by atoms with E-state index in [9.17, 15) is 27.6 Å². The van der Waals surface area contributed by atoms with Crippen molar-refractivity contribution in [2.24, 2.45) is 17.3 Å². The molecule has 2 saturated carbocycles. The fourth-order valence-corrected chi connectivity index (χ4v) is 9.68. The van der Waals surface area contributed by atoms with Crippen LogP contribution in [0.15, 0.2) is 67.3 Å². The van der Waals surface area contributed by atoms with Crippen LogP contribution in [0.3, 0.4) is 0 Å². The number of rotatable bonds is 13. The van der Waals surface area contributed by atoms with Crippen LogP contribution in [0.25, 0.3) is 22.2 Å². The number of hydrogen-bond acceptors (Lipinski definition) is 9. The molecule has 0 bridgehead atoms. The molecule has 4 amide bonds. The number of methoxy groups -OCH3 is 1. The van der Waals surface area contributed by atoms with Crippen molar-refractivity contribution < 1.29 is 37.1 Å². The monoisotopic (exact) mass is 813 g/mol. The van der Waals surface area contributed by atoms with E-state index < -0.39 is 62.0 Å². The van der Waals surface area contributed by atoms with Gasteiger partial charge in [0.15, 0.2) is 0 Å². The second-order valence-electron chi connectivity index (χ2n) is 17.3. The van der Waals surface area contributed by atoms with E-state index in [0.717, 1.165) is 31.2 Å². The first-order valence-corrected chi connectivity index (χ1v) is 22.0. The van der Waals surface area contributed by atoms with Gasteiger partial charge in [-0.2, -0.15) is 0 Å². The van der Waals surface area contributed by atoms with Crippen LogP contribution in [-0.2, 0) is 29.2 Å². The highest BCUT2D eigenvalue weighted by atomic mass is 32.2. The maximum Gasteiger partial charge on any atom is 0.259 e. The number of benzene rings is 2. The molecule has 0 unspecified atom stereocenters. The van der Waals surface area contributed by atoms with Gasteiger partial charge in [-0.3, -0.25) is 23.9 Å². The lowest BCUT2D eigenvalue weighted by Gasteiger charge is -2.36. The van der Waals surface area contributed by atoms with Crippen LogP contribution in [0.5, 0.6) is 11.5 Å². The van der Waals surface area contributed by atoms with Crippen LogP contribution in [0.2, 0.25) is 0 Å². The zero-order valence-corrected chi connectivity index (χ0v) is 34.7. The summed E-state index contributed by atoms with van der Waals surface area (Å²) in [7, 11) is -2.32. The molecule has 58 heavy (non-hydrogen) atoms. The molecular weight excluding hydrogens is 759 g/mol. The van der Waals surface area contributed by atoms with Gasteiger partial charge in [0, 0.05) is 54.9 Å². The number of nitrogens with one attached hydrogen (secondary N) is 2. The summed E-state index contributed by atoms with van der Waals surface area (Å²) in [4.78, 5) is 65.2. The fraction of sp³-hybridized carbons (Fsp3) is 0.523. The molecule has 2 saturated heterocycles. The molecule has 0 spiro atoms. The van der Waals surface area contributed by atoms with Gasteiger partial charge in [0.1, 0.15) is 29.2 Å². The topological polar surface area (TPSA) is 164 Å². The van der Waals surface area contributed by atoms with Crippen molar-refractivity contribution >= 4 is 44.6 Å². The van der Waals surface area contributed by atoms with Gasteiger partial charge in [-0.05, 0) is 49.7 Å². The molecule has 7 rings (SSSR count). The summed E-state index contributed by atoms with van der Waals surface area (Å²) in [5.74, 6) is -2.02. The van der Waals surface area contributed by atoms with Crippen LogP contribution in [-0.4, -0.2) is 96.5 Å². The summed E-state index contributed by atoms with van der Waals surface area (Å²) in [5.41, 5.74) is -0.0190. The number of pyridine rings is 1. The maximum atomic E-state index is 14.9. The Morgan fingerprint density at radius 2 is 1.72 bits per heavy atom. The highest BCUT2D eigenvalue weighted by molar-refractivity contribution is 7.91. The number of sulfonamides is 1. The van der Waals surface area contributed by atoms with Crippen molar-refractivity contribution in [2.75, 3.05) is 26.7 Å². The average molecular weight is 814 g/mol. The van der Waals surface area contributed by atoms with E-state index in [-0.39, 0.29) is 37.6 Å². The van der Waals surface area contributed by atoms with Gasteiger partial charge >= 0.3 is 0 Å². The number of ether oxygens (including phenoxy) is 2. The number of nitrogens with zero attached hydrogens (tertiary/aromatic N) is 3. The minimum Gasteiger partial charge on any atom is -0.497 e. The first-order valence-electron chi connectivity index (χ1n) is 20.4. The second-order valence-corrected chi connectivity index (χ2v) is 19.3. The van der Waals surface area contributed by atoms with Gasteiger partial charge < -0.3 is 24.6 Å².